The molecule has 0 radical (unpaired) electrons. The summed E-state index contributed by atoms with van der Waals surface area (Å²) in [4.78, 5) is 5.06. The van der Waals surface area contributed by atoms with Gasteiger partial charge in [0.2, 0.25) is 0 Å². The summed E-state index contributed by atoms with van der Waals surface area (Å²) in [5, 5.41) is 7.59. The van der Waals surface area contributed by atoms with Crippen molar-refractivity contribution < 1.29 is 0 Å². The molecule has 4 aliphatic rings. The highest BCUT2D eigenvalue weighted by Gasteiger charge is 2.40. The third-order valence-corrected chi connectivity index (χ3v) is 18.3. The first-order valence-corrected chi connectivity index (χ1v) is 27.6. The lowest BCUT2D eigenvalue weighted by Crippen LogP contribution is -2.30. The highest BCUT2D eigenvalue weighted by Crippen LogP contribution is 2.57. The van der Waals surface area contributed by atoms with Gasteiger partial charge in [0.05, 0.1) is 22.7 Å². The molecular weight excluding hydrogens is 929 g/mol. The Morgan fingerprint density at radius 2 is 0.753 bits per heavy atom. The van der Waals surface area contributed by atoms with E-state index in [2.05, 4.69) is 282 Å². The third kappa shape index (κ3) is 6.55. The van der Waals surface area contributed by atoms with Gasteiger partial charge in [-0.05, 0) is 177 Å². The van der Waals surface area contributed by atoms with E-state index in [0.29, 0.717) is 0 Å². The topological polar surface area (TPSA) is 6.48 Å². The Morgan fingerprint density at radius 3 is 1.32 bits per heavy atom. The molecule has 0 spiro atoms. The van der Waals surface area contributed by atoms with Gasteiger partial charge in [0.1, 0.15) is 0 Å². The predicted molar refractivity (Wildman–Crippen MR) is 325 cm³/mol. The Balaban J connectivity index is 1.09. The van der Waals surface area contributed by atoms with Crippen molar-refractivity contribution in [2.75, 3.05) is 9.80 Å². The van der Waals surface area contributed by atoms with Gasteiger partial charge in [-0.15, -0.1) is 0 Å². The number of nitrogens with zero attached hydrogens (tertiary/aromatic N) is 2. The second-order valence-electron chi connectivity index (χ2n) is 23.5. The molecular formula is C75H60N2. The van der Waals surface area contributed by atoms with E-state index in [9.17, 15) is 0 Å². The van der Waals surface area contributed by atoms with Gasteiger partial charge in [-0.3, -0.25) is 0 Å². The SMILES string of the molecule is CC1(C)c2ccccc2-c2ccc(-c3c4cc(N5c6ccccc6C(C)(C)c6ccccc65)ccc4c(-c4ccccc4C4=c5ccccc5=CCC4)c4cc(N5c6ccccc6C(C)(C)c6ccccc65)ccc34)cc21. The fourth-order valence-electron chi connectivity index (χ4n) is 14.5. The summed E-state index contributed by atoms with van der Waals surface area (Å²) >= 11 is 0. The molecule has 0 aromatic heterocycles. The zero-order valence-corrected chi connectivity index (χ0v) is 44.7. The summed E-state index contributed by atoms with van der Waals surface area (Å²) in [6.45, 7) is 14.3. The lowest BCUT2D eigenvalue weighted by Gasteiger charge is -2.42. The third-order valence-electron chi connectivity index (χ3n) is 18.3. The van der Waals surface area contributed by atoms with E-state index >= 15 is 0 Å². The first kappa shape index (κ1) is 45.7. The van der Waals surface area contributed by atoms with Crippen molar-refractivity contribution in [3.63, 3.8) is 0 Å². The zero-order valence-electron chi connectivity index (χ0n) is 44.7. The number of fused-ring (bicyclic) bond motifs is 10. The van der Waals surface area contributed by atoms with Crippen LogP contribution in [-0.2, 0) is 16.2 Å². The molecule has 2 aliphatic heterocycles. The Hall–Kier alpha value is -8.72. The van der Waals surface area contributed by atoms with E-state index in [-0.39, 0.29) is 16.2 Å². The molecule has 0 atom stereocenters. The number of anilines is 6. The summed E-state index contributed by atoms with van der Waals surface area (Å²) in [6.07, 6.45) is 4.40. The number of hydrogen-bond donors (Lipinski definition) is 0. The smallest absolute Gasteiger partial charge is 0.0502 e. The van der Waals surface area contributed by atoms with Crippen molar-refractivity contribution in [1.29, 1.82) is 0 Å². The van der Waals surface area contributed by atoms with Gasteiger partial charge >= 0.3 is 0 Å². The van der Waals surface area contributed by atoms with Crippen LogP contribution < -0.4 is 20.2 Å². The molecule has 15 rings (SSSR count). The maximum Gasteiger partial charge on any atom is 0.0502 e. The van der Waals surface area contributed by atoms with Gasteiger partial charge in [0, 0.05) is 27.6 Å². The van der Waals surface area contributed by atoms with Gasteiger partial charge in [0.25, 0.3) is 0 Å². The van der Waals surface area contributed by atoms with Crippen LogP contribution in [0.2, 0.25) is 0 Å². The number of para-hydroxylation sites is 4. The van der Waals surface area contributed by atoms with Gasteiger partial charge in [0.15, 0.2) is 0 Å². The van der Waals surface area contributed by atoms with Crippen LogP contribution in [0.25, 0.3) is 66.6 Å². The van der Waals surface area contributed by atoms with Crippen molar-refractivity contribution in [3.8, 4) is 33.4 Å². The van der Waals surface area contributed by atoms with E-state index in [4.69, 9.17) is 0 Å². The van der Waals surface area contributed by atoms with Gasteiger partial charge < -0.3 is 9.80 Å². The number of rotatable bonds is 5. The second kappa shape index (κ2) is 16.6. The fourth-order valence-corrected chi connectivity index (χ4v) is 14.5. The van der Waals surface area contributed by atoms with Crippen LogP contribution in [0.1, 0.15) is 93.3 Å². The van der Waals surface area contributed by atoms with Crippen LogP contribution in [0, 0.1) is 0 Å². The second-order valence-corrected chi connectivity index (χ2v) is 23.5. The normalized spacial score (nSPS) is 15.9. The summed E-state index contributed by atoms with van der Waals surface area (Å²) in [6, 6.07) is 85.6. The molecule has 0 unspecified atom stereocenters. The Labute approximate surface area is 452 Å². The van der Waals surface area contributed by atoms with E-state index in [1.807, 2.05) is 0 Å². The van der Waals surface area contributed by atoms with E-state index in [0.717, 1.165) is 24.2 Å². The minimum Gasteiger partial charge on any atom is -0.310 e. The molecule has 0 saturated carbocycles. The maximum absolute atomic E-state index is 2.54. The monoisotopic (exact) mass is 988 g/mol. The summed E-state index contributed by atoms with van der Waals surface area (Å²) < 4.78 is 0. The van der Waals surface area contributed by atoms with Crippen LogP contribution in [0.15, 0.2) is 224 Å². The molecule has 0 N–H and O–H groups in total. The van der Waals surface area contributed by atoms with Gasteiger partial charge in [-0.25, -0.2) is 0 Å². The number of benzene rings is 11. The Bertz CT molecular complexity index is 4350. The molecule has 0 amide bonds. The predicted octanol–water partition coefficient (Wildman–Crippen LogP) is 18.6. The maximum atomic E-state index is 2.54. The molecule has 11 aromatic rings. The fraction of sp³-hybridized carbons (Fsp3) is 0.147. The summed E-state index contributed by atoms with van der Waals surface area (Å²) in [7, 11) is 0. The quantitative estimate of drug-likeness (QED) is 0.159. The molecule has 2 aliphatic carbocycles. The molecule has 0 fully saturated rings. The molecule has 370 valence electrons. The average molecular weight is 989 g/mol. The lowest BCUT2D eigenvalue weighted by molar-refractivity contribution is 0.632. The Morgan fingerprint density at radius 1 is 0.325 bits per heavy atom. The van der Waals surface area contributed by atoms with E-state index in [1.54, 1.807) is 0 Å². The van der Waals surface area contributed by atoms with Crippen molar-refractivity contribution in [1.82, 2.24) is 0 Å². The Kier molecular flexibility index (Phi) is 9.87. The van der Waals surface area contributed by atoms with Crippen molar-refractivity contribution in [2.24, 2.45) is 0 Å². The van der Waals surface area contributed by atoms with Crippen LogP contribution in [0.3, 0.4) is 0 Å². The largest absolute Gasteiger partial charge is 0.310 e. The number of hydrogen-bond acceptors (Lipinski definition) is 2. The molecule has 2 heterocycles. The molecule has 0 saturated heterocycles. The van der Waals surface area contributed by atoms with Crippen molar-refractivity contribution in [2.45, 2.75) is 70.6 Å². The highest BCUT2D eigenvalue weighted by atomic mass is 15.2. The van der Waals surface area contributed by atoms with Crippen molar-refractivity contribution >= 4 is 67.3 Å². The zero-order chi connectivity index (χ0) is 52.0. The molecule has 2 heteroatoms. The van der Waals surface area contributed by atoms with E-state index in [1.165, 1.54) is 133 Å². The molecule has 2 nitrogen and oxygen atoms in total. The lowest BCUT2D eigenvalue weighted by atomic mass is 9.73. The molecule has 11 aromatic carbocycles. The summed E-state index contributed by atoms with van der Waals surface area (Å²) in [5.74, 6) is 0. The minimum atomic E-state index is -0.178. The standard InChI is InChI=1S/C75H60N2/c1-73(2)61-29-12-11-26-54(61)55-41-38-48(44-66(55)73)71-57-42-39-50(77-69-36-19-15-32-64(69)75(5,6)65-33-16-20-37-70(65)77)46-60(57)72(56-27-10-9-25-53(56)52-28-21-23-47-22-7-8-24-51(47)52)58-43-40-49(45-59(58)71)76-67-34-17-13-30-62(67)74(3,4)63-31-14-18-35-68(63)76/h7-20,22-27,29-46H,21,28H2,1-6H3. The van der Waals surface area contributed by atoms with Crippen LogP contribution in [-0.4, -0.2) is 0 Å². The van der Waals surface area contributed by atoms with Crippen LogP contribution in [0.5, 0.6) is 0 Å². The van der Waals surface area contributed by atoms with Gasteiger partial charge in [-0.1, -0.05) is 217 Å². The minimum absolute atomic E-state index is 0.174. The van der Waals surface area contributed by atoms with Crippen LogP contribution in [0.4, 0.5) is 34.1 Å². The summed E-state index contributed by atoms with van der Waals surface area (Å²) in [5.41, 5.74) is 25.1. The molecule has 77 heavy (non-hydrogen) atoms. The van der Waals surface area contributed by atoms with E-state index < -0.39 is 0 Å². The highest BCUT2D eigenvalue weighted by molar-refractivity contribution is 6.23. The molecule has 0 bridgehead atoms. The van der Waals surface area contributed by atoms with Crippen molar-refractivity contribution in [3.05, 3.63) is 274 Å². The first-order chi connectivity index (χ1) is 37.5. The first-order valence-electron chi connectivity index (χ1n) is 27.6. The average Bonchev–Trinajstić information content (AvgIpc) is 3.84. The van der Waals surface area contributed by atoms with Gasteiger partial charge in [-0.2, -0.15) is 0 Å². The van der Waals surface area contributed by atoms with Crippen LogP contribution >= 0.6 is 0 Å².